The van der Waals surface area contributed by atoms with Gasteiger partial charge in [0.1, 0.15) is 11.9 Å². The summed E-state index contributed by atoms with van der Waals surface area (Å²) in [4.78, 5) is 56.3. The Morgan fingerprint density at radius 2 is 1.92 bits per heavy atom. The Hall–Kier alpha value is -3.14. The standard InChI is InChI=1S/C27H38N4O6.C2H6/c1-6-23(33)28-9-11-30-21-14-20-18(13-22(21)37-27(4,5)26(30)36)12-16(2)31(25(20)35)19-8-7-10-29(15-19)24(34)17(3)32;1-2/h13-14,16-17,19,32H,6-12,15H2,1-5H3,(H,28,33);1-2H3/t16?,17-,19+;/m0./s1. The number of likely N-dealkylation sites (tertiary alicyclic amines) is 1. The van der Waals surface area contributed by atoms with Gasteiger partial charge >= 0.3 is 0 Å². The lowest BCUT2D eigenvalue weighted by Crippen LogP contribution is -2.57. The number of hydrogen-bond donors (Lipinski definition) is 2. The third kappa shape index (κ3) is 6.21. The van der Waals surface area contributed by atoms with Crippen LogP contribution in [0.2, 0.25) is 0 Å². The van der Waals surface area contributed by atoms with Gasteiger partial charge in [0.15, 0.2) is 5.60 Å². The fraction of sp³-hybridized carbons (Fsp3) is 0.655. The average molecular weight is 545 g/mol. The molecule has 0 aromatic heterocycles. The highest BCUT2D eigenvalue weighted by Crippen LogP contribution is 2.42. The van der Waals surface area contributed by atoms with Crippen molar-refractivity contribution < 1.29 is 29.0 Å². The van der Waals surface area contributed by atoms with Crippen LogP contribution < -0.4 is 15.0 Å². The molecule has 3 aliphatic heterocycles. The lowest BCUT2D eigenvalue weighted by Gasteiger charge is -2.45. The number of nitrogens with one attached hydrogen (secondary N) is 1. The van der Waals surface area contributed by atoms with Gasteiger partial charge in [-0.05, 0) is 64.7 Å². The van der Waals surface area contributed by atoms with Crippen LogP contribution in [0.4, 0.5) is 5.69 Å². The van der Waals surface area contributed by atoms with E-state index in [1.165, 1.54) is 6.92 Å². The highest BCUT2D eigenvalue weighted by molar-refractivity contribution is 6.05. The minimum atomic E-state index is -1.08. The molecule has 3 heterocycles. The number of rotatable bonds is 6. The minimum absolute atomic E-state index is 0.0803. The topological polar surface area (TPSA) is 119 Å². The van der Waals surface area contributed by atoms with Gasteiger partial charge in [-0.3, -0.25) is 19.2 Å². The Kier molecular flexibility index (Phi) is 9.64. The first-order valence-corrected chi connectivity index (χ1v) is 14.2. The molecule has 10 heteroatoms. The summed E-state index contributed by atoms with van der Waals surface area (Å²) in [5.74, 6) is -0.241. The Morgan fingerprint density at radius 1 is 1.23 bits per heavy atom. The maximum absolute atomic E-state index is 13.9. The lowest BCUT2D eigenvalue weighted by molar-refractivity contribution is -0.141. The van der Waals surface area contributed by atoms with Crippen LogP contribution in [0.3, 0.4) is 0 Å². The van der Waals surface area contributed by atoms with Gasteiger partial charge in [0.25, 0.3) is 17.7 Å². The number of amides is 4. The summed E-state index contributed by atoms with van der Waals surface area (Å²) in [5.41, 5.74) is 0.833. The molecule has 0 bridgehead atoms. The van der Waals surface area contributed by atoms with Crippen molar-refractivity contribution in [1.82, 2.24) is 15.1 Å². The smallest absolute Gasteiger partial charge is 0.270 e. The predicted molar refractivity (Wildman–Crippen MR) is 149 cm³/mol. The van der Waals surface area contributed by atoms with E-state index in [2.05, 4.69) is 5.32 Å². The van der Waals surface area contributed by atoms with Crippen molar-refractivity contribution in [3.05, 3.63) is 23.3 Å². The van der Waals surface area contributed by atoms with Gasteiger partial charge in [-0.25, -0.2) is 0 Å². The third-order valence-corrected chi connectivity index (χ3v) is 7.49. The van der Waals surface area contributed by atoms with E-state index in [1.54, 1.807) is 36.6 Å². The molecule has 1 unspecified atom stereocenters. The number of carbonyl (C=O) groups excluding carboxylic acids is 4. The van der Waals surface area contributed by atoms with Gasteiger partial charge < -0.3 is 29.9 Å². The van der Waals surface area contributed by atoms with E-state index in [0.717, 1.165) is 18.4 Å². The molecular weight excluding hydrogens is 500 g/mol. The molecular formula is C29H44N4O6. The van der Waals surface area contributed by atoms with Crippen molar-refractivity contribution in [2.24, 2.45) is 0 Å². The first-order valence-electron chi connectivity index (χ1n) is 14.2. The van der Waals surface area contributed by atoms with Gasteiger partial charge in [-0.2, -0.15) is 0 Å². The molecule has 0 spiro atoms. The number of anilines is 1. The molecule has 0 saturated carbocycles. The molecule has 0 aliphatic carbocycles. The second-order valence-corrected chi connectivity index (χ2v) is 10.8. The first-order chi connectivity index (χ1) is 18.4. The van der Waals surface area contributed by atoms with Crippen molar-refractivity contribution in [3.8, 4) is 5.75 Å². The Morgan fingerprint density at radius 3 is 2.56 bits per heavy atom. The molecule has 10 nitrogen and oxygen atoms in total. The maximum Gasteiger partial charge on any atom is 0.270 e. The molecule has 3 aliphatic rings. The largest absolute Gasteiger partial charge is 0.476 e. The number of carbonyl (C=O) groups is 4. The van der Waals surface area contributed by atoms with Crippen LogP contribution in [0.1, 0.15) is 83.7 Å². The molecule has 4 rings (SSSR count). The maximum atomic E-state index is 13.9. The van der Waals surface area contributed by atoms with Crippen molar-refractivity contribution >= 4 is 29.3 Å². The second-order valence-electron chi connectivity index (χ2n) is 10.8. The zero-order valence-corrected chi connectivity index (χ0v) is 24.4. The number of nitrogens with zero attached hydrogens (tertiary/aromatic N) is 3. The van der Waals surface area contributed by atoms with E-state index in [-0.39, 0.29) is 48.8 Å². The summed E-state index contributed by atoms with van der Waals surface area (Å²) in [7, 11) is 0. The Balaban J connectivity index is 0.00000205. The fourth-order valence-corrected chi connectivity index (χ4v) is 5.61. The van der Waals surface area contributed by atoms with E-state index >= 15 is 0 Å². The van der Waals surface area contributed by atoms with Crippen LogP contribution in [0.25, 0.3) is 0 Å². The normalized spacial score (nSPS) is 22.6. The summed E-state index contributed by atoms with van der Waals surface area (Å²) in [6.45, 7) is 14.2. The van der Waals surface area contributed by atoms with Gasteiger partial charge in [-0.15, -0.1) is 0 Å². The molecule has 2 N–H and O–H groups in total. The van der Waals surface area contributed by atoms with Crippen LogP contribution in [-0.2, 0) is 20.8 Å². The van der Waals surface area contributed by atoms with E-state index in [4.69, 9.17) is 4.74 Å². The molecule has 1 aromatic rings. The summed E-state index contributed by atoms with van der Waals surface area (Å²) in [6, 6.07) is 3.37. The number of hydrogen-bond acceptors (Lipinski definition) is 6. The summed E-state index contributed by atoms with van der Waals surface area (Å²) in [6.07, 6.45) is 1.44. The monoisotopic (exact) mass is 544 g/mol. The minimum Gasteiger partial charge on any atom is -0.476 e. The van der Waals surface area contributed by atoms with Crippen LogP contribution in [-0.4, -0.2) is 88.5 Å². The quantitative estimate of drug-likeness (QED) is 0.568. The van der Waals surface area contributed by atoms with Crippen LogP contribution in [0.15, 0.2) is 12.1 Å². The average Bonchev–Trinajstić information content (AvgIpc) is 2.90. The van der Waals surface area contributed by atoms with E-state index < -0.39 is 11.7 Å². The zero-order valence-electron chi connectivity index (χ0n) is 24.4. The van der Waals surface area contributed by atoms with Crippen LogP contribution >= 0.6 is 0 Å². The molecule has 3 atom stereocenters. The molecule has 1 saturated heterocycles. The molecule has 1 fully saturated rings. The fourth-order valence-electron chi connectivity index (χ4n) is 5.61. The molecule has 216 valence electrons. The highest BCUT2D eigenvalue weighted by atomic mass is 16.5. The second kappa shape index (κ2) is 12.4. The number of aliphatic hydroxyl groups is 1. The number of benzene rings is 1. The van der Waals surface area contributed by atoms with Crippen LogP contribution in [0, 0.1) is 0 Å². The summed E-state index contributed by atoms with van der Waals surface area (Å²) in [5, 5.41) is 12.6. The van der Waals surface area contributed by atoms with Crippen molar-refractivity contribution in [2.45, 2.75) is 97.9 Å². The van der Waals surface area contributed by atoms with Gasteiger partial charge in [0, 0.05) is 50.2 Å². The SMILES string of the molecule is CC.CCC(=O)NCCN1C(=O)C(C)(C)Oc2cc3c(cc21)C(=O)N([C@@H]1CCCN(C(=O)[C@H](C)O)C1)C(C)C3. The zero-order chi connectivity index (χ0) is 29.1. The lowest BCUT2D eigenvalue weighted by atomic mass is 9.89. The summed E-state index contributed by atoms with van der Waals surface area (Å²) < 4.78 is 6.08. The van der Waals surface area contributed by atoms with E-state index in [1.807, 2.05) is 31.7 Å². The molecule has 1 aromatic carbocycles. The van der Waals surface area contributed by atoms with Gasteiger partial charge in [0.2, 0.25) is 5.91 Å². The van der Waals surface area contributed by atoms with Gasteiger partial charge in [0.05, 0.1) is 5.69 Å². The highest BCUT2D eigenvalue weighted by Gasteiger charge is 2.43. The third-order valence-electron chi connectivity index (χ3n) is 7.49. The number of piperidine rings is 1. The molecule has 39 heavy (non-hydrogen) atoms. The van der Waals surface area contributed by atoms with Crippen molar-refractivity contribution in [1.29, 1.82) is 0 Å². The first kappa shape index (κ1) is 30.4. The van der Waals surface area contributed by atoms with E-state index in [0.29, 0.717) is 42.9 Å². The molecule has 0 radical (unpaired) electrons. The number of ether oxygens (including phenoxy) is 1. The number of fused-ring (bicyclic) bond motifs is 2. The van der Waals surface area contributed by atoms with Crippen LogP contribution in [0.5, 0.6) is 5.75 Å². The van der Waals surface area contributed by atoms with E-state index in [9.17, 15) is 24.3 Å². The van der Waals surface area contributed by atoms with Crippen molar-refractivity contribution in [3.63, 3.8) is 0 Å². The summed E-state index contributed by atoms with van der Waals surface area (Å²) >= 11 is 0. The molecule has 4 amide bonds. The predicted octanol–water partition coefficient (Wildman–Crippen LogP) is 2.50. The van der Waals surface area contributed by atoms with Crippen molar-refractivity contribution in [2.75, 3.05) is 31.1 Å². The Labute approximate surface area is 231 Å². The Bertz CT molecular complexity index is 1100. The van der Waals surface area contributed by atoms with Gasteiger partial charge in [-0.1, -0.05) is 20.8 Å². The number of aliphatic hydroxyl groups excluding tert-OH is 1.